The minimum atomic E-state index is 0.551. The predicted molar refractivity (Wildman–Crippen MR) is 86.7 cm³/mol. The maximum Gasteiger partial charge on any atom is 0.161 e. The van der Waals surface area contributed by atoms with E-state index in [0.717, 1.165) is 11.3 Å². The summed E-state index contributed by atoms with van der Waals surface area (Å²) in [5.41, 5.74) is 2.16. The minimum absolute atomic E-state index is 0.551. The van der Waals surface area contributed by atoms with E-state index < -0.39 is 0 Å². The highest BCUT2D eigenvalue weighted by atomic mass is 16.5. The lowest BCUT2D eigenvalue weighted by Crippen LogP contribution is -1.98. The van der Waals surface area contributed by atoms with Crippen LogP contribution in [0.5, 0.6) is 11.5 Å². The zero-order valence-corrected chi connectivity index (χ0v) is 12.7. The van der Waals surface area contributed by atoms with Crippen molar-refractivity contribution in [2.24, 2.45) is 0 Å². The topological polar surface area (TPSA) is 55.1 Å². The standard InChI is InChI=1S/C18H18N2O2/c1-3-21-17-10-8-14(12-18(17)22-4-2)7-9-16-15(13-19)6-5-11-20-16/h5-12H,3-4H2,1-2H3. The summed E-state index contributed by atoms with van der Waals surface area (Å²) in [6.07, 6.45) is 5.40. The molecule has 22 heavy (non-hydrogen) atoms. The van der Waals surface area contributed by atoms with Crippen LogP contribution in [-0.2, 0) is 0 Å². The van der Waals surface area contributed by atoms with E-state index in [4.69, 9.17) is 14.7 Å². The van der Waals surface area contributed by atoms with Gasteiger partial charge in [0.05, 0.1) is 24.5 Å². The summed E-state index contributed by atoms with van der Waals surface area (Å²) < 4.78 is 11.1. The first-order chi connectivity index (χ1) is 10.8. The minimum Gasteiger partial charge on any atom is -0.490 e. The van der Waals surface area contributed by atoms with E-state index in [9.17, 15) is 0 Å². The number of benzene rings is 1. The van der Waals surface area contributed by atoms with Gasteiger partial charge in [-0.15, -0.1) is 0 Å². The van der Waals surface area contributed by atoms with Gasteiger partial charge < -0.3 is 9.47 Å². The van der Waals surface area contributed by atoms with Crippen molar-refractivity contribution in [2.75, 3.05) is 13.2 Å². The molecule has 1 aromatic carbocycles. The van der Waals surface area contributed by atoms with Crippen molar-refractivity contribution < 1.29 is 9.47 Å². The zero-order valence-electron chi connectivity index (χ0n) is 12.7. The van der Waals surface area contributed by atoms with E-state index in [1.807, 2.05) is 44.2 Å². The maximum absolute atomic E-state index is 9.06. The summed E-state index contributed by atoms with van der Waals surface area (Å²) in [7, 11) is 0. The Morgan fingerprint density at radius 1 is 1.09 bits per heavy atom. The molecular formula is C18H18N2O2. The summed E-state index contributed by atoms with van der Waals surface area (Å²) in [5.74, 6) is 1.45. The second-order valence-corrected chi connectivity index (χ2v) is 4.45. The van der Waals surface area contributed by atoms with Crippen LogP contribution >= 0.6 is 0 Å². The third kappa shape index (κ3) is 3.86. The average molecular weight is 294 g/mol. The fraction of sp³-hybridized carbons (Fsp3) is 0.222. The Morgan fingerprint density at radius 3 is 2.59 bits per heavy atom. The Kier molecular flexibility index (Phi) is 5.56. The van der Waals surface area contributed by atoms with Gasteiger partial charge in [-0.05, 0) is 49.8 Å². The molecule has 0 unspecified atom stereocenters. The Labute approximate surface area is 130 Å². The molecule has 1 aromatic heterocycles. The van der Waals surface area contributed by atoms with E-state index in [-0.39, 0.29) is 0 Å². The molecule has 0 saturated heterocycles. The van der Waals surface area contributed by atoms with Crippen molar-refractivity contribution in [3.05, 3.63) is 53.3 Å². The lowest BCUT2D eigenvalue weighted by molar-refractivity contribution is 0.287. The average Bonchev–Trinajstić information content (AvgIpc) is 2.55. The van der Waals surface area contributed by atoms with Gasteiger partial charge in [0.1, 0.15) is 6.07 Å². The second kappa shape index (κ2) is 7.84. The van der Waals surface area contributed by atoms with Crippen LogP contribution < -0.4 is 9.47 Å². The number of ether oxygens (including phenoxy) is 2. The Hall–Kier alpha value is -2.80. The lowest BCUT2D eigenvalue weighted by atomic mass is 10.1. The largest absolute Gasteiger partial charge is 0.490 e. The molecular weight excluding hydrogens is 276 g/mol. The molecule has 0 aliphatic rings. The van der Waals surface area contributed by atoms with Gasteiger partial charge in [-0.3, -0.25) is 4.98 Å². The van der Waals surface area contributed by atoms with Crippen molar-refractivity contribution in [3.63, 3.8) is 0 Å². The highest BCUT2D eigenvalue weighted by molar-refractivity contribution is 5.71. The molecule has 2 aromatic rings. The van der Waals surface area contributed by atoms with Crippen molar-refractivity contribution >= 4 is 12.2 Å². The van der Waals surface area contributed by atoms with Crippen LogP contribution in [-0.4, -0.2) is 18.2 Å². The van der Waals surface area contributed by atoms with Gasteiger partial charge in [0.2, 0.25) is 0 Å². The van der Waals surface area contributed by atoms with Gasteiger partial charge in [-0.25, -0.2) is 0 Å². The first-order valence-electron chi connectivity index (χ1n) is 7.21. The van der Waals surface area contributed by atoms with Crippen LogP contribution in [0.3, 0.4) is 0 Å². The Morgan fingerprint density at radius 2 is 1.86 bits per heavy atom. The van der Waals surface area contributed by atoms with Crippen molar-refractivity contribution in [1.29, 1.82) is 5.26 Å². The number of hydrogen-bond acceptors (Lipinski definition) is 4. The molecule has 2 rings (SSSR count). The van der Waals surface area contributed by atoms with Gasteiger partial charge >= 0.3 is 0 Å². The maximum atomic E-state index is 9.06. The van der Waals surface area contributed by atoms with Crippen LogP contribution in [0.2, 0.25) is 0 Å². The molecule has 0 amide bonds. The van der Waals surface area contributed by atoms with Crippen molar-refractivity contribution in [1.82, 2.24) is 4.98 Å². The number of nitriles is 1. The summed E-state index contributed by atoms with van der Waals surface area (Å²) in [5, 5.41) is 9.06. The van der Waals surface area contributed by atoms with Gasteiger partial charge in [-0.1, -0.05) is 12.1 Å². The summed E-state index contributed by atoms with van der Waals surface area (Å²) >= 11 is 0. The quantitative estimate of drug-likeness (QED) is 0.810. The smallest absolute Gasteiger partial charge is 0.161 e. The van der Waals surface area contributed by atoms with Gasteiger partial charge in [0.25, 0.3) is 0 Å². The molecule has 4 nitrogen and oxygen atoms in total. The number of pyridine rings is 1. The van der Waals surface area contributed by atoms with Gasteiger partial charge in [0, 0.05) is 6.20 Å². The third-order valence-corrected chi connectivity index (χ3v) is 2.96. The molecule has 0 aliphatic carbocycles. The van der Waals surface area contributed by atoms with E-state index in [1.165, 1.54) is 0 Å². The Bertz CT molecular complexity index is 702. The summed E-state index contributed by atoms with van der Waals surface area (Å²) in [6.45, 7) is 5.04. The fourth-order valence-corrected chi connectivity index (χ4v) is 1.99. The normalized spacial score (nSPS) is 10.4. The molecule has 1 heterocycles. The molecule has 0 aliphatic heterocycles. The van der Waals surface area contributed by atoms with Crippen LogP contribution in [0, 0.1) is 11.3 Å². The van der Waals surface area contributed by atoms with Crippen LogP contribution in [0.15, 0.2) is 36.5 Å². The molecule has 0 N–H and O–H groups in total. The molecule has 0 saturated carbocycles. The first-order valence-corrected chi connectivity index (χ1v) is 7.21. The molecule has 0 fully saturated rings. The van der Waals surface area contributed by atoms with E-state index >= 15 is 0 Å². The predicted octanol–water partition coefficient (Wildman–Crippen LogP) is 3.92. The van der Waals surface area contributed by atoms with Gasteiger partial charge in [-0.2, -0.15) is 5.26 Å². The SMILES string of the molecule is CCOc1ccc(C=Cc2ncccc2C#N)cc1OCC. The highest BCUT2D eigenvalue weighted by Crippen LogP contribution is 2.29. The van der Waals surface area contributed by atoms with Crippen molar-refractivity contribution in [2.45, 2.75) is 13.8 Å². The number of hydrogen-bond donors (Lipinski definition) is 0. The number of rotatable bonds is 6. The van der Waals surface area contributed by atoms with E-state index in [0.29, 0.717) is 30.2 Å². The van der Waals surface area contributed by atoms with Gasteiger partial charge in [0.15, 0.2) is 11.5 Å². The molecule has 0 spiro atoms. The lowest BCUT2D eigenvalue weighted by Gasteiger charge is -2.11. The molecule has 4 heteroatoms. The molecule has 112 valence electrons. The Balaban J connectivity index is 2.27. The summed E-state index contributed by atoms with van der Waals surface area (Å²) in [6, 6.07) is 11.4. The van der Waals surface area contributed by atoms with Crippen LogP contribution in [0.4, 0.5) is 0 Å². The second-order valence-electron chi connectivity index (χ2n) is 4.45. The van der Waals surface area contributed by atoms with Crippen LogP contribution in [0.25, 0.3) is 12.2 Å². The number of nitrogens with zero attached hydrogens (tertiary/aromatic N) is 2. The third-order valence-electron chi connectivity index (χ3n) is 2.96. The summed E-state index contributed by atoms with van der Waals surface area (Å²) in [4.78, 5) is 4.21. The molecule has 0 atom stereocenters. The fourth-order valence-electron chi connectivity index (χ4n) is 1.99. The zero-order chi connectivity index (χ0) is 15.8. The van der Waals surface area contributed by atoms with E-state index in [1.54, 1.807) is 18.3 Å². The number of aromatic nitrogens is 1. The first kappa shape index (κ1) is 15.6. The highest BCUT2D eigenvalue weighted by Gasteiger charge is 2.05. The monoisotopic (exact) mass is 294 g/mol. The molecule has 0 radical (unpaired) electrons. The van der Waals surface area contributed by atoms with E-state index in [2.05, 4.69) is 11.1 Å². The molecule has 0 bridgehead atoms. The van der Waals surface area contributed by atoms with Crippen molar-refractivity contribution in [3.8, 4) is 17.6 Å². The van der Waals surface area contributed by atoms with Crippen LogP contribution in [0.1, 0.15) is 30.7 Å².